The number of aliphatic imine (C=N–C) groups is 2. The Bertz CT molecular complexity index is 1470. The number of benzene rings is 2. The van der Waals surface area contributed by atoms with Gasteiger partial charge in [-0.2, -0.15) is 0 Å². The molecule has 2 aromatic heterocycles. The van der Waals surface area contributed by atoms with Crippen molar-refractivity contribution >= 4 is 23.2 Å². The van der Waals surface area contributed by atoms with Crippen molar-refractivity contribution in [3.8, 4) is 0 Å². The van der Waals surface area contributed by atoms with Crippen LogP contribution in [0.1, 0.15) is 94.4 Å². The van der Waals surface area contributed by atoms with Gasteiger partial charge in [-0.3, -0.25) is 9.98 Å². The second-order valence-electron chi connectivity index (χ2n) is 12.1. The Morgan fingerprint density at radius 2 is 1.09 bits per heavy atom. The molecule has 0 radical (unpaired) electrons. The topological polar surface area (TPSA) is 88.5 Å². The molecule has 5 rings (SSSR count). The molecule has 0 saturated heterocycles. The number of unbranched alkanes of at least 4 members (excludes halogenated alkanes) is 2. The van der Waals surface area contributed by atoms with E-state index in [1.165, 1.54) is 17.5 Å². The van der Waals surface area contributed by atoms with E-state index in [1.54, 1.807) is 0 Å². The van der Waals surface area contributed by atoms with Crippen molar-refractivity contribution in [1.82, 2.24) is 9.13 Å². The van der Waals surface area contributed by atoms with Crippen LogP contribution in [-0.4, -0.2) is 20.9 Å². The van der Waals surface area contributed by atoms with E-state index < -0.39 is 0 Å². The molecule has 4 aromatic rings. The molecule has 8 heteroatoms. The van der Waals surface area contributed by atoms with Crippen molar-refractivity contribution in [3.05, 3.63) is 96.1 Å². The third kappa shape index (κ3) is 6.64. The van der Waals surface area contributed by atoms with Gasteiger partial charge < -0.3 is 10.2 Å². The van der Waals surface area contributed by atoms with Crippen LogP contribution in [0.4, 0.5) is 11.4 Å². The minimum Gasteiger partial charge on any atom is -0.853 e. The molecule has 8 nitrogen and oxygen atoms in total. The molecule has 0 spiro atoms. The SMILES string of the molecule is CCCCn1cc[n+](C)c1C([O-])=Nc1ccc(C2(c3ccc(N=C([O-])c4n(CCCC)cc[n+]4C)cc3)CCCCC2)cc1. The first-order chi connectivity index (χ1) is 21.4. The average Bonchev–Trinajstić information content (AvgIpc) is 3.61. The Labute approximate surface area is 261 Å². The minimum atomic E-state index is -0.228. The Morgan fingerprint density at radius 1 is 0.682 bits per heavy atom. The predicted molar refractivity (Wildman–Crippen MR) is 170 cm³/mol. The lowest BCUT2D eigenvalue weighted by molar-refractivity contribution is -0.674. The van der Waals surface area contributed by atoms with E-state index in [9.17, 15) is 10.2 Å². The van der Waals surface area contributed by atoms with Gasteiger partial charge in [0.1, 0.15) is 24.8 Å². The predicted octanol–water partition coefficient (Wildman–Crippen LogP) is 4.67. The highest BCUT2D eigenvalue weighted by Gasteiger charge is 2.35. The fraction of sp³-hybridized carbons (Fsp3) is 0.444. The van der Waals surface area contributed by atoms with E-state index in [4.69, 9.17) is 0 Å². The van der Waals surface area contributed by atoms with Crippen LogP contribution >= 0.6 is 0 Å². The molecule has 1 fully saturated rings. The summed E-state index contributed by atoms with van der Waals surface area (Å²) in [4.78, 5) is 8.95. The first-order valence-electron chi connectivity index (χ1n) is 16.2. The first-order valence-corrected chi connectivity index (χ1v) is 16.2. The van der Waals surface area contributed by atoms with E-state index in [-0.39, 0.29) is 17.2 Å². The average molecular weight is 595 g/mol. The molecule has 0 bridgehead atoms. The summed E-state index contributed by atoms with van der Waals surface area (Å²) in [6, 6.07) is 16.4. The zero-order chi connectivity index (χ0) is 31.1. The maximum Gasteiger partial charge on any atom is 0.292 e. The molecule has 0 unspecified atom stereocenters. The summed E-state index contributed by atoms with van der Waals surface area (Å²) in [6.45, 7) is 5.91. The van der Waals surface area contributed by atoms with Gasteiger partial charge in [-0.1, -0.05) is 70.2 Å². The van der Waals surface area contributed by atoms with Gasteiger partial charge in [0.2, 0.25) is 0 Å². The van der Waals surface area contributed by atoms with Crippen LogP contribution in [0.3, 0.4) is 0 Å². The third-order valence-corrected chi connectivity index (χ3v) is 9.05. The zero-order valence-corrected chi connectivity index (χ0v) is 26.7. The molecule has 0 atom stereocenters. The Morgan fingerprint density at radius 3 is 1.48 bits per heavy atom. The molecule has 1 saturated carbocycles. The molecule has 2 aromatic carbocycles. The minimum absolute atomic E-state index is 0.119. The maximum atomic E-state index is 13.2. The second-order valence-corrected chi connectivity index (χ2v) is 12.1. The smallest absolute Gasteiger partial charge is 0.292 e. The molecule has 232 valence electrons. The zero-order valence-electron chi connectivity index (χ0n) is 26.7. The standard InChI is InChI=1S/C36H46N6O2/c1-5-7-22-41-26-24-39(3)34(41)32(43)37-30-16-12-28(13-17-30)36(20-10-9-11-21-36)29-14-18-31(19-15-29)38-33(44)35-40(4)25-27-42(35)23-8-6-2/h12-19,24-27H,5-11,20-23H2,1-4H3. The van der Waals surface area contributed by atoms with Crippen molar-refractivity contribution in [2.45, 2.75) is 90.1 Å². The highest BCUT2D eigenvalue weighted by atomic mass is 16.3. The highest BCUT2D eigenvalue weighted by Crippen LogP contribution is 2.45. The number of aryl methyl sites for hydroxylation is 4. The van der Waals surface area contributed by atoms with Crippen molar-refractivity contribution in [2.75, 3.05) is 0 Å². The van der Waals surface area contributed by atoms with Gasteiger partial charge >= 0.3 is 0 Å². The van der Waals surface area contributed by atoms with Crippen LogP contribution in [0.2, 0.25) is 0 Å². The number of hydrogen-bond acceptors (Lipinski definition) is 4. The van der Waals surface area contributed by atoms with Crippen molar-refractivity contribution in [3.63, 3.8) is 0 Å². The summed E-state index contributed by atoms with van der Waals surface area (Å²) in [5.74, 6) is 0.735. The van der Waals surface area contributed by atoms with Crippen LogP contribution in [0.5, 0.6) is 0 Å². The second kappa shape index (κ2) is 14.1. The lowest BCUT2D eigenvalue weighted by atomic mass is 9.65. The lowest BCUT2D eigenvalue weighted by Gasteiger charge is -2.38. The summed E-state index contributed by atoms with van der Waals surface area (Å²) < 4.78 is 7.68. The molecule has 1 aliphatic carbocycles. The van der Waals surface area contributed by atoms with Crippen molar-refractivity contribution in [1.29, 1.82) is 0 Å². The molecule has 1 aliphatic rings. The van der Waals surface area contributed by atoms with Gasteiger partial charge in [0, 0.05) is 5.41 Å². The van der Waals surface area contributed by atoms with Gasteiger partial charge in [0.15, 0.2) is 0 Å². The fourth-order valence-corrected chi connectivity index (χ4v) is 6.56. The largest absolute Gasteiger partial charge is 0.853 e. The van der Waals surface area contributed by atoms with Gasteiger partial charge in [-0.15, -0.1) is 0 Å². The lowest BCUT2D eigenvalue weighted by Crippen LogP contribution is -2.40. The summed E-state index contributed by atoms with van der Waals surface area (Å²) in [6.07, 6.45) is 17.6. The number of aromatic nitrogens is 4. The van der Waals surface area contributed by atoms with Gasteiger partial charge in [0.25, 0.3) is 11.6 Å². The van der Waals surface area contributed by atoms with E-state index in [1.807, 2.05) is 81.4 Å². The van der Waals surface area contributed by atoms with E-state index >= 15 is 0 Å². The van der Waals surface area contributed by atoms with E-state index in [0.29, 0.717) is 23.0 Å². The molecular weight excluding hydrogens is 548 g/mol. The molecule has 2 heterocycles. The number of imidazole rings is 2. The van der Waals surface area contributed by atoms with Crippen LogP contribution in [-0.2, 0) is 32.6 Å². The van der Waals surface area contributed by atoms with Crippen LogP contribution in [0, 0.1) is 0 Å². The fourth-order valence-electron chi connectivity index (χ4n) is 6.56. The Kier molecular flexibility index (Phi) is 9.98. The van der Waals surface area contributed by atoms with Gasteiger partial charge in [0.05, 0.1) is 50.4 Å². The van der Waals surface area contributed by atoms with Crippen LogP contribution < -0.4 is 19.3 Å². The van der Waals surface area contributed by atoms with Crippen LogP contribution in [0.15, 0.2) is 83.3 Å². The van der Waals surface area contributed by atoms with E-state index in [2.05, 4.69) is 48.1 Å². The maximum absolute atomic E-state index is 13.2. The summed E-state index contributed by atoms with van der Waals surface area (Å²) in [5.41, 5.74) is 3.69. The summed E-state index contributed by atoms with van der Waals surface area (Å²) in [7, 11) is 3.78. The molecule has 0 N–H and O–H groups in total. The quantitative estimate of drug-likeness (QED) is 0.136. The summed E-state index contributed by atoms with van der Waals surface area (Å²) >= 11 is 0. The third-order valence-electron chi connectivity index (χ3n) is 9.05. The summed E-state index contributed by atoms with van der Waals surface area (Å²) in [5, 5.41) is 26.3. The highest BCUT2D eigenvalue weighted by molar-refractivity contribution is 5.88. The monoisotopic (exact) mass is 594 g/mol. The normalized spacial score (nSPS) is 15.5. The molecule has 0 aliphatic heterocycles. The van der Waals surface area contributed by atoms with Crippen LogP contribution in [0.25, 0.3) is 0 Å². The van der Waals surface area contributed by atoms with Gasteiger partial charge in [-0.05, 0) is 61.1 Å². The molecular formula is C36H46N6O2. The molecule has 44 heavy (non-hydrogen) atoms. The Hall–Kier alpha value is -4.20. The van der Waals surface area contributed by atoms with E-state index in [0.717, 1.165) is 64.5 Å². The van der Waals surface area contributed by atoms with Gasteiger partial charge in [-0.25, -0.2) is 18.3 Å². The van der Waals surface area contributed by atoms with Crippen molar-refractivity contribution < 1.29 is 19.3 Å². The first kappa shape index (κ1) is 31.2. The molecule has 0 amide bonds. The van der Waals surface area contributed by atoms with Crippen molar-refractivity contribution in [2.24, 2.45) is 24.1 Å². The Balaban J connectivity index is 1.39. The number of nitrogens with zero attached hydrogens (tertiary/aromatic N) is 6. The number of rotatable bonds is 12. The number of hydrogen-bond donors (Lipinski definition) is 0.